The molecule has 0 saturated heterocycles. The lowest BCUT2D eigenvalue weighted by molar-refractivity contribution is -0.393. The van der Waals surface area contributed by atoms with Crippen LogP contribution in [0.25, 0.3) is 0 Å². The second kappa shape index (κ2) is 5.21. The molecule has 92 valence electrons. The summed E-state index contributed by atoms with van der Waals surface area (Å²) in [6.07, 6.45) is 0. The largest absolute Gasteiger partial charge is 0.394 e. The van der Waals surface area contributed by atoms with Gasteiger partial charge < -0.3 is 10.4 Å². The molecule has 0 amide bonds. The number of benzene rings is 1. The number of hydrogen-bond donors (Lipinski definition) is 2. The Morgan fingerprint density at radius 2 is 2.00 bits per heavy atom. The van der Waals surface area contributed by atoms with Gasteiger partial charge in [0.2, 0.25) is 0 Å². The zero-order valence-electron chi connectivity index (χ0n) is 8.99. The average molecular weight is 241 g/mol. The molecule has 1 atom stereocenters. The third kappa shape index (κ3) is 3.11. The van der Waals surface area contributed by atoms with Gasteiger partial charge in [0.25, 0.3) is 11.4 Å². The predicted octanol–water partition coefficient (Wildman–Crippen LogP) is 1.30. The monoisotopic (exact) mass is 241 g/mol. The number of anilines is 1. The number of nitrogens with zero attached hydrogens (tertiary/aromatic N) is 2. The van der Waals surface area contributed by atoms with Crippen molar-refractivity contribution in [3.63, 3.8) is 0 Å². The minimum atomic E-state index is -0.709. The Morgan fingerprint density at radius 1 is 1.35 bits per heavy atom. The number of nitro groups is 2. The van der Waals surface area contributed by atoms with Gasteiger partial charge in [0, 0.05) is 12.1 Å². The van der Waals surface area contributed by atoms with Gasteiger partial charge >= 0.3 is 0 Å². The highest BCUT2D eigenvalue weighted by Gasteiger charge is 2.20. The molecular formula is C9H11N3O5. The summed E-state index contributed by atoms with van der Waals surface area (Å²) >= 11 is 0. The number of aliphatic hydroxyl groups is 1. The van der Waals surface area contributed by atoms with Crippen molar-refractivity contribution in [1.29, 1.82) is 0 Å². The quantitative estimate of drug-likeness (QED) is 0.592. The normalized spacial score (nSPS) is 11.9. The molecule has 0 unspecified atom stereocenters. The number of nitrogens with one attached hydrogen (secondary N) is 1. The summed E-state index contributed by atoms with van der Waals surface area (Å²) in [7, 11) is 0. The first-order valence-corrected chi connectivity index (χ1v) is 4.76. The van der Waals surface area contributed by atoms with Gasteiger partial charge in [0.15, 0.2) is 0 Å². The second-order valence-electron chi connectivity index (χ2n) is 3.44. The van der Waals surface area contributed by atoms with E-state index in [0.29, 0.717) is 0 Å². The van der Waals surface area contributed by atoms with E-state index < -0.39 is 9.85 Å². The van der Waals surface area contributed by atoms with Crippen molar-refractivity contribution in [2.24, 2.45) is 0 Å². The van der Waals surface area contributed by atoms with Gasteiger partial charge in [-0.05, 0) is 13.0 Å². The summed E-state index contributed by atoms with van der Waals surface area (Å²) in [5.41, 5.74) is -0.597. The lowest BCUT2D eigenvalue weighted by Gasteiger charge is -2.11. The lowest BCUT2D eigenvalue weighted by atomic mass is 10.2. The molecule has 8 nitrogen and oxygen atoms in total. The Hall–Kier alpha value is -2.22. The number of non-ortho nitro benzene ring substituents is 1. The van der Waals surface area contributed by atoms with Crippen LogP contribution >= 0.6 is 0 Å². The van der Waals surface area contributed by atoms with Gasteiger partial charge in [0.1, 0.15) is 5.69 Å². The molecule has 0 aliphatic heterocycles. The SMILES string of the molecule is C[C@@H](CO)Nc1ccc([N+](=O)[O-])cc1[N+](=O)[O-]. The first kappa shape index (κ1) is 12.8. The minimum absolute atomic E-state index is 0.141. The third-order valence-electron chi connectivity index (χ3n) is 2.06. The topological polar surface area (TPSA) is 119 Å². The molecule has 1 aromatic carbocycles. The lowest BCUT2D eigenvalue weighted by Crippen LogP contribution is -2.19. The highest BCUT2D eigenvalue weighted by molar-refractivity contribution is 5.65. The molecule has 1 rings (SSSR count). The Balaban J connectivity index is 3.13. The molecule has 0 heterocycles. The first-order chi connectivity index (χ1) is 7.95. The van der Waals surface area contributed by atoms with E-state index in [1.807, 2.05) is 0 Å². The Labute approximate surface area is 96.2 Å². The molecule has 2 N–H and O–H groups in total. The summed E-state index contributed by atoms with van der Waals surface area (Å²) in [6.45, 7) is 1.43. The van der Waals surface area contributed by atoms with Crippen molar-refractivity contribution in [3.05, 3.63) is 38.4 Å². The number of hydrogen-bond acceptors (Lipinski definition) is 6. The summed E-state index contributed by atoms with van der Waals surface area (Å²) in [6, 6.07) is 2.92. The van der Waals surface area contributed by atoms with Crippen LogP contribution in [0.3, 0.4) is 0 Å². The fraction of sp³-hybridized carbons (Fsp3) is 0.333. The molecular weight excluding hydrogens is 230 g/mol. The van der Waals surface area contributed by atoms with E-state index in [1.165, 1.54) is 12.1 Å². The molecule has 1 aromatic rings. The third-order valence-corrected chi connectivity index (χ3v) is 2.06. The van der Waals surface area contributed by atoms with Crippen LogP contribution in [0.4, 0.5) is 17.1 Å². The van der Waals surface area contributed by atoms with Crippen LogP contribution in [0.5, 0.6) is 0 Å². The highest BCUT2D eigenvalue weighted by Crippen LogP contribution is 2.29. The van der Waals surface area contributed by atoms with Crippen LogP contribution < -0.4 is 5.32 Å². The van der Waals surface area contributed by atoms with Gasteiger partial charge in [-0.3, -0.25) is 20.2 Å². The molecule has 8 heteroatoms. The van der Waals surface area contributed by atoms with E-state index in [-0.39, 0.29) is 29.7 Å². The van der Waals surface area contributed by atoms with E-state index in [0.717, 1.165) is 6.07 Å². The minimum Gasteiger partial charge on any atom is -0.394 e. The molecule has 17 heavy (non-hydrogen) atoms. The second-order valence-corrected chi connectivity index (χ2v) is 3.44. The maximum absolute atomic E-state index is 10.7. The molecule has 0 aliphatic carbocycles. The Bertz CT molecular complexity index is 448. The van der Waals surface area contributed by atoms with Gasteiger partial charge in [0.05, 0.1) is 22.5 Å². The fourth-order valence-corrected chi connectivity index (χ4v) is 1.22. The van der Waals surface area contributed by atoms with Crippen molar-refractivity contribution in [2.75, 3.05) is 11.9 Å². The zero-order valence-corrected chi connectivity index (χ0v) is 8.99. The number of aliphatic hydroxyl groups excluding tert-OH is 1. The van der Waals surface area contributed by atoms with E-state index in [2.05, 4.69) is 5.32 Å². The van der Waals surface area contributed by atoms with E-state index in [9.17, 15) is 20.2 Å². The summed E-state index contributed by atoms with van der Waals surface area (Å²) in [5.74, 6) is 0. The van der Waals surface area contributed by atoms with E-state index in [4.69, 9.17) is 5.11 Å². The average Bonchev–Trinajstić information content (AvgIpc) is 2.28. The van der Waals surface area contributed by atoms with Crippen LogP contribution in [0, 0.1) is 20.2 Å². The van der Waals surface area contributed by atoms with Gasteiger partial charge in [-0.25, -0.2) is 0 Å². The molecule has 0 radical (unpaired) electrons. The van der Waals surface area contributed by atoms with Crippen LogP contribution in [0.2, 0.25) is 0 Å². The Kier molecular flexibility index (Phi) is 3.94. The van der Waals surface area contributed by atoms with Crippen LogP contribution in [-0.4, -0.2) is 27.6 Å². The fourth-order valence-electron chi connectivity index (χ4n) is 1.22. The zero-order chi connectivity index (χ0) is 13.0. The van der Waals surface area contributed by atoms with Crippen LogP contribution in [-0.2, 0) is 0 Å². The number of nitro benzene ring substituents is 2. The summed E-state index contributed by atoms with van der Waals surface area (Å²) in [4.78, 5) is 19.8. The molecule has 0 spiro atoms. The predicted molar refractivity (Wildman–Crippen MR) is 59.9 cm³/mol. The summed E-state index contributed by atoms with van der Waals surface area (Å²) < 4.78 is 0. The molecule has 0 saturated carbocycles. The maximum atomic E-state index is 10.7. The molecule has 0 aliphatic rings. The van der Waals surface area contributed by atoms with E-state index >= 15 is 0 Å². The van der Waals surface area contributed by atoms with Crippen molar-refractivity contribution in [3.8, 4) is 0 Å². The van der Waals surface area contributed by atoms with Crippen molar-refractivity contribution in [2.45, 2.75) is 13.0 Å². The van der Waals surface area contributed by atoms with Crippen LogP contribution in [0.1, 0.15) is 6.92 Å². The molecule has 0 bridgehead atoms. The van der Waals surface area contributed by atoms with E-state index in [1.54, 1.807) is 6.92 Å². The Morgan fingerprint density at radius 3 is 2.47 bits per heavy atom. The number of rotatable bonds is 5. The van der Waals surface area contributed by atoms with Gasteiger partial charge in [-0.1, -0.05) is 0 Å². The smallest absolute Gasteiger partial charge is 0.299 e. The molecule has 0 fully saturated rings. The maximum Gasteiger partial charge on any atom is 0.299 e. The van der Waals surface area contributed by atoms with Crippen molar-refractivity contribution in [1.82, 2.24) is 0 Å². The highest BCUT2D eigenvalue weighted by atomic mass is 16.6. The van der Waals surface area contributed by atoms with Gasteiger partial charge in [-0.15, -0.1) is 0 Å². The van der Waals surface area contributed by atoms with Crippen molar-refractivity contribution < 1.29 is 15.0 Å². The van der Waals surface area contributed by atoms with Gasteiger partial charge in [-0.2, -0.15) is 0 Å². The standard InChI is InChI=1S/C9H11N3O5/c1-6(5-13)10-8-3-2-7(11(14)15)4-9(8)12(16)17/h2-4,6,10,13H,5H2,1H3/t6-/m0/s1. The van der Waals surface area contributed by atoms with Crippen molar-refractivity contribution >= 4 is 17.1 Å². The van der Waals surface area contributed by atoms with Crippen LogP contribution in [0.15, 0.2) is 18.2 Å². The molecule has 0 aromatic heterocycles. The first-order valence-electron chi connectivity index (χ1n) is 4.76. The summed E-state index contributed by atoms with van der Waals surface area (Å²) in [5, 5.41) is 32.8.